The smallest absolute Gasteiger partial charge is 0.249 e. The summed E-state index contributed by atoms with van der Waals surface area (Å²) in [5.41, 5.74) is 1.80. The Hall–Kier alpha value is -3.39. The SMILES string of the molecule is CCOc1c(OC)cccc1C1(C)CNCC1C(=O)N1CCC(c2ccccc2)CC1c1nc(C)no1. The fraction of sp³-hybridized carbons (Fsp3) is 0.483. The maximum absolute atomic E-state index is 14.4. The monoisotopic (exact) mass is 504 g/mol. The molecule has 0 bridgehead atoms. The molecule has 3 heterocycles. The van der Waals surface area contributed by atoms with Gasteiger partial charge in [0.25, 0.3) is 0 Å². The third-order valence-corrected chi connectivity index (χ3v) is 8.00. The summed E-state index contributed by atoms with van der Waals surface area (Å²) in [5, 5.41) is 7.53. The lowest BCUT2D eigenvalue weighted by atomic mass is 9.72. The Morgan fingerprint density at radius 1 is 1.22 bits per heavy atom. The van der Waals surface area contributed by atoms with Crippen molar-refractivity contribution in [3.05, 3.63) is 71.4 Å². The highest BCUT2D eigenvalue weighted by molar-refractivity contribution is 5.82. The van der Waals surface area contributed by atoms with Crippen LogP contribution in [0.4, 0.5) is 0 Å². The maximum atomic E-state index is 14.4. The van der Waals surface area contributed by atoms with Crippen molar-refractivity contribution >= 4 is 5.91 Å². The first-order valence-electron chi connectivity index (χ1n) is 13.1. The molecular formula is C29H36N4O4. The van der Waals surface area contributed by atoms with Crippen molar-refractivity contribution in [1.29, 1.82) is 0 Å². The average Bonchev–Trinajstić information content (AvgIpc) is 3.54. The number of methoxy groups -OCH3 is 1. The highest BCUT2D eigenvalue weighted by Crippen LogP contribution is 2.47. The minimum Gasteiger partial charge on any atom is -0.493 e. The molecule has 3 aromatic rings. The fourth-order valence-corrected chi connectivity index (χ4v) is 6.03. The molecule has 0 radical (unpaired) electrons. The van der Waals surface area contributed by atoms with Gasteiger partial charge in [-0.3, -0.25) is 4.79 Å². The minimum absolute atomic E-state index is 0.102. The van der Waals surface area contributed by atoms with Crippen LogP contribution in [0.3, 0.4) is 0 Å². The number of aromatic nitrogens is 2. The van der Waals surface area contributed by atoms with E-state index in [1.165, 1.54) is 5.56 Å². The van der Waals surface area contributed by atoms with Crippen LogP contribution in [0.25, 0.3) is 0 Å². The molecule has 2 aliphatic rings. The molecule has 0 spiro atoms. The first-order valence-corrected chi connectivity index (χ1v) is 13.1. The first-order chi connectivity index (χ1) is 18.0. The van der Waals surface area contributed by atoms with Gasteiger partial charge < -0.3 is 24.2 Å². The van der Waals surface area contributed by atoms with E-state index >= 15 is 0 Å². The Labute approximate surface area is 218 Å². The molecule has 2 aromatic carbocycles. The van der Waals surface area contributed by atoms with E-state index in [1.54, 1.807) is 7.11 Å². The molecule has 1 amide bonds. The zero-order valence-electron chi connectivity index (χ0n) is 22.1. The zero-order valence-corrected chi connectivity index (χ0v) is 22.1. The van der Waals surface area contributed by atoms with E-state index < -0.39 is 5.41 Å². The molecule has 2 fully saturated rings. The number of piperidine rings is 1. The van der Waals surface area contributed by atoms with Gasteiger partial charge in [0.15, 0.2) is 17.3 Å². The molecule has 2 saturated heterocycles. The molecule has 0 saturated carbocycles. The molecular weight excluding hydrogens is 468 g/mol. The van der Waals surface area contributed by atoms with E-state index in [1.807, 2.05) is 36.9 Å². The number of para-hydroxylation sites is 1. The van der Waals surface area contributed by atoms with Gasteiger partial charge in [0.05, 0.1) is 19.6 Å². The lowest BCUT2D eigenvalue weighted by Gasteiger charge is -2.41. The molecule has 4 unspecified atom stereocenters. The second kappa shape index (κ2) is 10.5. The number of aryl methyl sites for hydroxylation is 1. The highest BCUT2D eigenvalue weighted by atomic mass is 16.5. The van der Waals surface area contributed by atoms with Gasteiger partial charge in [0, 0.05) is 30.6 Å². The van der Waals surface area contributed by atoms with E-state index in [4.69, 9.17) is 14.0 Å². The number of likely N-dealkylation sites (tertiary alicyclic amines) is 1. The number of nitrogens with zero attached hydrogens (tertiary/aromatic N) is 3. The summed E-state index contributed by atoms with van der Waals surface area (Å²) in [6.45, 7) is 8.33. The molecule has 1 N–H and O–H groups in total. The van der Waals surface area contributed by atoms with Crippen LogP contribution < -0.4 is 14.8 Å². The predicted octanol–water partition coefficient (Wildman–Crippen LogP) is 4.41. The Balaban J connectivity index is 1.48. The fourth-order valence-electron chi connectivity index (χ4n) is 6.03. The van der Waals surface area contributed by atoms with Crippen LogP contribution in [0, 0.1) is 12.8 Å². The number of hydrogen-bond donors (Lipinski definition) is 1. The standard InChI is InChI=1S/C29H36N4O4/c1-5-36-26-22(12-9-13-25(26)35-4)29(3)18-30-17-23(29)28(34)33-15-14-21(20-10-7-6-8-11-20)16-24(33)27-31-19(2)32-37-27/h6-13,21,23-24,30H,5,14-18H2,1-4H3. The number of nitrogens with one attached hydrogen (secondary N) is 1. The predicted molar refractivity (Wildman–Crippen MR) is 140 cm³/mol. The van der Waals surface area contributed by atoms with Crippen LogP contribution in [-0.4, -0.2) is 54.3 Å². The number of hydrogen-bond acceptors (Lipinski definition) is 7. The zero-order chi connectivity index (χ0) is 26.0. The van der Waals surface area contributed by atoms with Gasteiger partial charge in [-0.1, -0.05) is 54.5 Å². The average molecular weight is 505 g/mol. The molecule has 8 nitrogen and oxygen atoms in total. The molecule has 5 rings (SSSR count). The van der Waals surface area contributed by atoms with Crippen LogP contribution >= 0.6 is 0 Å². The van der Waals surface area contributed by atoms with Gasteiger partial charge in [0.2, 0.25) is 11.8 Å². The van der Waals surface area contributed by atoms with Gasteiger partial charge in [-0.05, 0) is 44.2 Å². The van der Waals surface area contributed by atoms with Crippen LogP contribution in [0.15, 0.2) is 53.1 Å². The second-order valence-electron chi connectivity index (χ2n) is 10.2. The molecule has 4 atom stereocenters. The number of benzene rings is 2. The highest BCUT2D eigenvalue weighted by Gasteiger charge is 2.50. The van der Waals surface area contributed by atoms with Crippen LogP contribution in [-0.2, 0) is 10.2 Å². The van der Waals surface area contributed by atoms with Crippen molar-refractivity contribution in [1.82, 2.24) is 20.4 Å². The summed E-state index contributed by atoms with van der Waals surface area (Å²) in [6, 6.07) is 16.1. The third-order valence-electron chi connectivity index (χ3n) is 8.00. The van der Waals surface area contributed by atoms with Crippen molar-refractivity contribution in [2.24, 2.45) is 5.92 Å². The lowest BCUT2D eigenvalue weighted by Crippen LogP contribution is -2.48. The molecule has 0 aliphatic carbocycles. The summed E-state index contributed by atoms with van der Waals surface area (Å²) >= 11 is 0. The normalized spacial score (nSPS) is 25.7. The Morgan fingerprint density at radius 2 is 2.03 bits per heavy atom. The summed E-state index contributed by atoms with van der Waals surface area (Å²) in [7, 11) is 1.65. The van der Waals surface area contributed by atoms with Crippen LogP contribution in [0.2, 0.25) is 0 Å². The molecule has 8 heteroatoms. The van der Waals surface area contributed by atoms with E-state index in [2.05, 4.69) is 52.7 Å². The summed E-state index contributed by atoms with van der Waals surface area (Å²) in [5.74, 6) is 2.62. The lowest BCUT2D eigenvalue weighted by molar-refractivity contribution is -0.141. The van der Waals surface area contributed by atoms with Crippen LogP contribution in [0.5, 0.6) is 11.5 Å². The number of carbonyl (C=O) groups excluding carboxylic acids is 1. The first kappa shape index (κ1) is 25.3. The molecule has 1 aromatic heterocycles. The van der Waals surface area contributed by atoms with E-state index in [0.717, 1.165) is 18.4 Å². The summed E-state index contributed by atoms with van der Waals surface area (Å²) in [6.07, 6.45) is 1.64. The topological polar surface area (TPSA) is 89.7 Å². The van der Waals surface area contributed by atoms with Gasteiger partial charge in [-0.25, -0.2) is 0 Å². The minimum atomic E-state index is -0.471. The Morgan fingerprint density at radius 3 is 2.73 bits per heavy atom. The van der Waals surface area contributed by atoms with Gasteiger partial charge in [-0.2, -0.15) is 4.98 Å². The van der Waals surface area contributed by atoms with Gasteiger partial charge in [-0.15, -0.1) is 0 Å². The van der Waals surface area contributed by atoms with Crippen molar-refractivity contribution in [3.63, 3.8) is 0 Å². The van der Waals surface area contributed by atoms with Crippen molar-refractivity contribution in [2.45, 2.75) is 51.0 Å². The summed E-state index contributed by atoms with van der Waals surface area (Å²) in [4.78, 5) is 20.9. The number of carbonyl (C=O) groups is 1. The van der Waals surface area contributed by atoms with E-state index in [9.17, 15) is 4.79 Å². The van der Waals surface area contributed by atoms with Gasteiger partial charge >= 0.3 is 0 Å². The van der Waals surface area contributed by atoms with Crippen molar-refractivity contribution in [3.8, 4) is 11.5 Å². The molecule has 37 heavy (non-hydrogen) atoms. The number of rotatable bonds is 7. The largest absolute Gasteiger partial charge is 0.493 e. The number of amides is 1. The van der Waals surface area contributed by atoms with Crippen molar-refractivity contribution < 1.29 is 18.8 Å². The molecule has 2 aliphatic heterocycles. The van der Waals surface area contributed by atoms with E-state index in [-0.39, 0.29) is 17.9 Å². The number of ether oxygens (including phenoxy) is 2. The second-order valence-corrected chi connectivity index (χ2v) is 10.2. The van der Waals surface area contributed by atoms with Crippen LogP contribution in [0.1, 0.15) is 61.5 Å². The van der Waals surface area contributed by atoms with Crippen molar-refractivity contribution in [2.75, 3.05) is 33.4 Å². The Kier molecular flexibility index (Phi) is 7.20. The summed E-state index contributed by atoms with van der Waals surface area (Å²) < 4.78 is 17.3. The third kappa shape index (κ3) is 4.70. The van der Waals surface area contributed by atoms with E-state index in [0.29, 0.717) is 55.4 Å². The Bertz CT molecular complexity index is 1230. The molecule has 196 valence electrons. The maximum Gasteiger partial charge on any atom is 0.249 e. The van der Waals surface area contributed by atoms with Gasteiger partial charge in [0.1, 0.15) is 6.04 Å². The quantitative estimate of drug-likeness (QED) is 0.510.